The van der Waals surface area contributed by atoms with Gasteiger partial charge in [0, 0.05) is 17.3 Å². The van der Waals surface area contributed by atoms with Crippen LogP contribution in [0.1, 0.15) is 17.0 Å². The predicted molar refractivity (Wildman–Crippen MR) is 83.2 cm³/mol. The fourth-order valence-electron chi connectivity index (χ4n) is 2.20. The molecule has 0 bridgehead atoms. The van der Waals surface area contributed by atoms with Crippen molar-refractivity contribution in [1.29, 1.82) is 0 Å². The van der Waals surface area contributed by atoms with E-state index in [1.54, 1.807) is 10.7 Å². The van der Waals surface area contributed by atoms with Gasteiger partial charge in [-0.1, -0.05) is 29.8 Å². The molecule has 3 rings (SSSR count). The van der Waals surface area contributed by atoms with Crippen molar-refractivity contribution in [2.24, 2.45) is 0 Å². The molecule has 0 aliphatic carbocycles. The summed E-state index contributed by atoms with van der Waals surface area (Å²) in [6.45, 7) is 5.90. The zero-order valence-corrected chi connectivity index (χ0v) is 12.3. The van der Waals surface area contributed by atoms with E-state index in [-0.39, 0.29) is 0 Å². The van der Waals surface area contributed by atoms with E-state index in [1.165, 1.54) is 5.56 Å². The first-order valence-corrected chi connectivity index (χ1v) is 6.78. The van der Waals surface area contributed by atoms with Gasteiger partial charge < -0.3 is 5.73 Å². The lowest BCUT2D eigenvalue weighted by molar-refractivity contribution is 0.801. The highest BCUT2D eigenvalue weighted by atomic mass is 15.4. The maximum absolute atomic E-state index is 5.95. The van der Waals surface area contributed by atoms with Gasteiger partial charge in [-0.25, -0.2) is 9.97 Å². The molecule has 0 aliphatic heterocycles. The molecule has 3 aromatic rings. The third-order valence-electron chi connectivity index (χ3n) is 3.24. The first kappa shape index (κ1) is 13.3. The van der Waals surface area contributed by atoms with Crippen LogP contribution in [0.3, 0.4) is 0 Å². The standard InChI is InChI=1S/C16H17N5/c1-10-4-6-13(7-5-10)14-8-11(2)18-16(19-14)21-15(17)9-12(3)20-21/h4-9H,17H2,1-3H3. The average Bonchev–Trinajstić information content (AvgIpc) is 2.78. The Labute approximate surface area is 123 Å². The summed E-state index contributed by atoms with van der Waals surface area (Å²) < 4.78 is 1.57. The molecule has 2 aromatic heterocycles. The fourth-order valence-corrected chi connectivity index (χ4v) is 2.20. The molecule has 5 heteroatoms. The van der Waals surface area contributed by atoms with Crippen LogP contribution in [0.5, 0.6) is 0 Å². The lowest BCUT2D eigenvalue weighted by Crippen LogP contribution is -2.08. The van der Waals surface area contributed by atoms with Crippen molar-refractivity contribution in [3.05, 3.63) is 53.3 Å². The molecule has 2 heterocycles. The molecular formula is C16H17N5. The third kappa shape index (κ3) is 2.63. The molecule has 0 radical (unpaired) electrons. The Balaban J connectivity index is 2.12. The van der Waals surface area contributed by atoms with Gasteiger partial charge in [-0.3, -0.25) is 0 Å². The first-order chi connectivity index (χ1) is 10.0. The van der Waals surface area contributed by atoms with Gasteiger partial charge in [0.2, 0.25) is 0 Å². The Morgan fingerprint density at radius 2 is 1.62 bits per heavy atom. The number of nitrogens with zero attached hydrogens (tertiary/aromatic N) is 4. The van der Waals surface area contributed by atoms with Crippen molar-refractivity contribution < 1.29 is 0 Å². The predicted octanol–water partition coefficient (Wildman–Crippen LogP) is 2.84. The van der Waals surface area contributed by atoms with Crippen LogP contribution in [-0.2, 0) is 0 Å². The molecular weight excluding hydrogens is 262 g/mol. The summed E-state index contributed by atoms with van der Waals surface area (Å²) in [4.78, 5) is 9.02. The average molecular weight is 279 g/mol. The Hall–Kier alpha value is -2.69. The van der Waals surface area contributed by atoms with E-state index in [2.05, 4.69) is 46.3 Å². The zero-order valence-electron chi connectivity index (χ0n) is 12.3. The zero-order chi connectivity index (χ0) is 15.0. The lowest BCUT2D eigenvalue weighted by Gasteiger charge is -2.07. The molecule has 0 spiro atoms. The van der Waals surface area contributed by atoms with Gasteiger partial charge in [-0.05, 0) is 26.8 Å². The van der Waals surface area contributed by atoms with Gasteiger partial charge in [0.05, 0.1) is 11.4 Å². The van der Waals surface area contributed by atoms with Crippen LogP contribution in [0.4, 0.5) is 5.82 Å². The van der Waals surface area contributed by atoms with Crippen molar-refractivity contribution in [2.75, 3.05) is 5.73 Å². The van der Waals surface area contributed by atoms with Crippen LogP contribution in [0, 0.1) is 20.8 Å². The van der Waals surface area contributed by atoms with E-state index in [0.29, 0.717) is 11.8 Å². The summed E-state index contributed by atoms with van der Waals surface area (Å²) in [6.07, 6.45) is 0. The number of nitrogens with two attached hydrogens (primary N) is 1. The van der Waals surface area contributed by atoms with Gasteiger partial charge >= 0.3 is 0 Å². The minimum atomic E-state index is 0.496. The Morgan fingerprint density at radius 3 is 2.24 bits per heavy atom. The monoisotopic (exact) mass is 279 g/mol. The highest BCUT2D eigenvalue weighted by Crippen LogP contribution is 2.20. The largest absolute Gasteiger partial charge is 0.383 e. The van der Waals surface area contributed by atoms with Crippen molar-refractivity contribution in [2.45, 2.75) is 20.8 Å². The van der Waals surface area contributed by atoms with E-state index in [4.69, 9.17) is 5.73 Å². The molecule has 0 unspecified atom stereocenters. The molecule has 0 atom stereocenters. The minimum Gasteiger partial charge on any atom is -0.383 e. The normalized spacial score (nSPS) is 10.8. The van der Waals surface area contributed by atoms with Crippen molar-refractivity contribution in [3.63, 3.8) is 0 Å². The quantitative estimate of drug-likeness (QED) is 0.783. The summed E-state index contributed by atoms with van der Waals surface area (Å²) in [5, 5.41) is 4.34. The molecule has 0 aliphatic rings. The second-order valence-electron chi connectivity index (χ2n) is 5.18. The Morgan fingerprint density at radius 1 is 0.905 bits per heavy atom. The number of hydrogen-bond acceptors (Lipinski definition) is 4. The van der Waals surface area contributed by atoms with E-state index >= 15 is 0 Å². The number of hydrogen-bond donors (Lipinski definition) is 1. The van der Waals surface area contributed by atoms with E-state index in [1.807, 2.05) is 19.9 Å². The number of aromatic nitrogens is 4. The van der Waals surface area contributed by atoms with Crippen LogP contribution >= 0.6 is 0 Å². The van der Waals surface area contributed by atoms with Crippen LogP contribution in [0.15, 0.2) is 36.4 Å². The second kappa shape index (κ2) is 5.01. The van der Waals surface area contributed by atoms with Gasteiger partial charge in [0.1, 0.15) is 5.82 Å². The molecule has 21 heavy (non-hydrogen) atoms. The van der Waals surface area contributed by atoms with Gasteiger partial charge in [-0.15, -0.1) is 0 Å². The van der Waals surface area contributed by atoms with Crippen molar-refractivity contribution in [3.8, 4) is 17.2 Å². The topological polar surface area (TPSA) is 69.6 Å². The fraction of sp³-hybridized carbons (Fsp3) is 0.188. The number of anilines is 1. The minimum absolute atomic E-state index is 0.496. The summed E-state index contributed by atoms with van der Waals surface area (Å²) in [6, 6.07) is 12.0. The van der Waals surface area contributed by atoms with Gasteiger partial charge in [-0.2, -0.15) is 9.78 Å². The summed E-state index contributed by atoms with van der Waals surface area (Å²) in [7, 11) is 0. The summed E-state index contributed by atoms with van der Waals surface area (Å²) in [5.74, 6) is 1.03. The molecule has 2 N–H and O–H groups in total. The highest BCUT2D eigenvalue weighted by Gasteiger charge is 2.10. The highest BCUT2D eigenvalue weighted by molar-refractivity contribution is 5.60. The maximum Gasteiger partial charge on any atom is 0.253 e. The first-order valence-electron chi connectivity index (χ1n) is 6.78. The third-order valence-corrected chi connectivity index (χ3v) is 3.24. The van der Waals surface area contributed by atoms with Crippen LogP contribution in [0.25, 0.3) is 17.2 Å². The smallest absolute Gasteiger partial charge is 0.253 e. The SMILES string of the molecule is Cc1ccc(-c2cc(C)nc(-n3nc(C)cc3N)n2)cc1. The number of rotatable bonds is 2. The number of aryl methyl sites for hydroxylation is 3. The number of benzene rings is 1. The van der Waals surface area contributed by atoms with Gasteiger partial charge in [0.15, 0.2) is 0 Å². The van der Waals surface area contributed by atoms with E-state index in [0.717, 1.165) is 22.6 Å². The molecule has 1 aromatic carbocycles. The molecule has 106 valence electrons. The van der Waals surface area contributed by atoms with Crippen molar-refractivity contribution >= 4 is 5.82 Å². The van der Waals surface area contributed by atoms with E-state index in [9.17, 15) is 0 Å². The molecule has 5 nitrogen and oxygen atoms in total. The summed E-state index contributed by atoms with van der Waals surface area (Å²) >= 11 is 0. The molecule has 0 saturated heterocycles. The number of nitrogen functional groups attached to an aromatic ring is 1. The van der Waals surface area contributed by atoms with Gasteiger partial charge in [0.25, 0.3) is 5.95 Å². The Kier molecular flexibility index (Phi) is 3.17. The molecule has 0 amide bonds. The van der Waals surface area contributed by atoms with Crippen LogP contribution < -0.4 is 5.73 Å². The molecule has 0 saturated carbocycles. The van der Waals surface area contributed by atoms with Crippen LogP contribution in [0.2, 0.25) is 0 Å². The second-order valence-corrected chi connectivity index (χ2v) is 5.18. The molecule has 0 fully saturated rings. The summed E-state index contributed by atoms with van der Waals surface area (Å²) in [5.41, 5.74) is 10.8. The maximum atomic E-state index is 5.95. The van der Waals surface area contributed by atoms with E-state index < -0.39 is 0 Å². The lowest BCUT2D eigenvalue weighted by atomic mass is 10.1. The van der Waals surface area contributed by atoms with Crippen LogP contribution in [-0.4, -0.2) is 19.7 Å². The van der Waals surface area contributed by atoms with Crippen molar-refractivity contribution in [1.82, 2.24) is 19.7 Å². The Bertz CT molecular complexity index is 787.